The van der Waals surface area contributed by atoms with E-state index >= 15 is 0 Å². The molecular formula is C24H41NO3. The van der Waals surface area contributed by atoms with E-state index in [1.54, 1.807) is 4.90 Å². The van der Waals surface area contributed by atoms with E-state index in [2.05, 4.69) is 31.2 Å². The van der Waals surface area contributed by atoms with E-state index in [1.165, 1.54) is 44.9 Å². The Bertz CT molecular complexity index is 484. The second kappa shape index (κ2) is 16.4. The smallest absolute Gasteiger partial charge is 0.308 e. The lowest BCUT2D eigenvalue weighted by molar-refractivity contribution is -0.145. The molecule has 0 saturated carbocycles. The van der Waals surface area contributed by atoms with Crippen molar-refractivity contribution < 1.29 is 14.7 Å². The number of allylic oxidation sites excluding steroid dienone is 4. The van der Waals surface area contributed by atoms with Gasteiger partial charge in [-0.05, 0) is 51.4 Å². The second-order valence-electron chi connectivity index (χ2n) is 8.00. The Morgan fingerprint density at radius 1 is 0.929 bits per heavy atom. The highest BCUT2D eigenvalue weighted by atomic mass is 16.4. The summed E-state index contributed by atoms with van der Waals surface area (Å²) >= 11 is 0. The Labute approximate surface area is 172 Å². The first kappa shape index (κ1) is 24.5. The first-order valence-corrected chi connectivity index (χ1v) is 11.5. The molecular weight excluding hydrogens is 350 g/mol. The SMILES string of the molecule is CCCCCC=CCC=CCCCCCCCC(=O)N1CCCC(C(=O)O)C1. The molecule has 0 bridgehead atoms. The van der Waals surface area contributed by atoms with E-state index in [4.69, 9.17) is 5.11 Å². The number of carbonyl (C=O) groups excluding carboxylic acids is 1. The molecule has 1 amide bonds. The third-order valence-corrected chi connectivity index (χ3v) is 5.46. The number of amides is 1. The van der Waals surface area contributed by atoms with Gasteiger partial charge >= 0.3 is 5.97 Å². The van der Waals surface area contributed by atoms with Gasteiger partial charge in [0.05, 0.1) is 5.92 Å². The number of rotatable bonds is 15. The fourth-order valence-corrected chi connectivity index (χ4v) is 3.65. The van der Waals surface area contributed by atoms with Gasteiger partial charge in [0.15, 0.2) is 0 Å². The molecule has 28 heavy (non-hydrogen) atoms. The molecule has 0 aliphatic carbocycles. The van der Waals surface area contributed by atoms with E-state index in [0.29, 0.717) is 19.4 Å². The van der Waals surface area contributed by atoms with Crippen LogP contribution in [0.3, 0.4) is 0 Å². The lowest BCUT2D eigenvalue weighted by Crippen LogP contribution is -2.42. The van der Waals surface area contributed by atoms with Gasteiger partial charge in [-0.15, -0.1) is 0 Å². The topological polar surface area (TPSA) is 57.6 Å². The van der Waals surface area contributed by atoms with Gasteiger partial charge in [-0.3, -0.25) is 9.59 Å². The minimum Gasteiger partial charge on any atom is -0.481 e. The number of hydrogen-bond donors (Lipinski definition) is 1. The minimum absolute atomic E-state index is 0.136. The van der Waals surface area contributed by atoms with Crippen LogP contribution in [0.15, 0.2) is 24.3 Å². The minimum atomic E-state index is -0.769. The molecule has 1 N–H and O–H groups in total. The van der Waals surface area contributed by atoms with Gasteiger partial charge in [-0.1, -0.05) is 63.3 Å². The van der Waals surface area contributed by atoms with Gasteiger partial charge in [0.1, 0.15) is 0 Å². The summed E-state index contributed by atoms with van der Waals surface area (Å²) in [6.45, 7) is 3.36. The number of unbranched alkanes of at least 4 members (excludes halogenated alkanes) is 8. The summed E-state index contributed by atoms with van der Waals surface area (Å²) in [5.41, 5.74) is 0. The predicted molar refractivity (Wildman–Crippen MR) is 116 cm³/mol. The van der Waals surface area contributed by atoms with E-state index in [9.17, 15) is 9.59 Å². The zero-order valence-electron chi connectivity index (χ0n) is 17.9. The largest absolute Gasteiger partial charge is 0.481 e. The number of aliphatic carboxylic acids is 1. The first-order chi connectivity index (χ1) is 13.6. The molecule has 0 radical (unpaired) electrons. The lowest BCUT2D eigenvalue weighted by atomic mass is 9.98. The molecule has 1 heterocycles. The highest BCUT2D eigenvalue weighted by Gasteiger charge is 2.27. The number of carboxylic acids is 1. The van der Waals surface area contributed by atoms with Crippen molar-refractivity contribution >= 4 is 11.9 Å². The fourth-order valence-electron chi connectivity index (χ4n) is 3.65. The van der Waals surface area contributed by atoms with Crippen LogP contribution in [-0.2, 0) is 9.59 Å². The van der Waals surface area contributed by atoms with Crippen molar-refractivity contribution in [3.05, 3.63) is 24.3 Å². The van der Waals surface area contributed by atoms with Gasteiger partial charge in [-0.2, -0.15) is 0 Å². The van der Waals surface area contributed by atoms with Gasteiger partial charge in [0.25, 0.3) is 0 Å². The van der Waals surface area contributed by atoms with Gasteiger partial charge in [0, 0.05) is 19.5 Å². The van der Waals surface area contributed by atoms with Crippen molar-refractivity contribution in [1.82, 2.24) is 4.90 Å². The summed E-state index contributed by atoms with van der Waals surface area (Å²) in [5, 5.41) is 9.11. The van der Waals surface area contributed by atoms with Gasteiger partial charge in [0.2, 0.25) is 5.91 Å². The van der Waals surface area contributed by atoms with Crippen molar-refractivity contribution in [2.75, 3.05) is 13.1 Å². The molecule has 1 fully saturated rings. The van der Waals surface area contributed by atoms with Crippen LogP contribution in [0.1, 0.15) is 96.8 Å². The summed E-state index contributed by atoms with van der Waals surface area (Å²) in [7, 11) is 0. The normalized spacial score (nSPS) is 17.6. The predicted octanol–water partition coefficient (Wildman–Crippen LogP) is 6.12. The number of carboxylic acid groups (broad SMARTS) is 1. The second-order valence-corrected chi connectivity index (χ2v) is 8.00. The Balaban J connectivity index is 1.94. The molecule has 0 aromatic carbocycles. The Hall–Kier alpha value is -1.58. The van der Waals surface area contributed by atoms with Crippen LogP contribution in [0.4, 0.5) is 0 Å². The van der Waals surface area contributed by atoms with Crippen LogP contribution >= 0.6 is 0 Å². The van der Waals surface area contributed by atoms with Gasteiger partial charge in [-0.25, -0.2) is 0 Å². The standard InChI is InChI=1S/C24H41NO3/c1-2-3-4-5-6-7-8-9-10-11-12-13-14-15-16-19-23(26)25-20-17-18-22(21-25)24(27)28/h6-7,9-10,22H,2-5,8,11-21H2,1H3,(H,27,28). The summed E-state index contributed by atoms with van der Waals surface area (Å²) in [6, 6.07) is 0. The maximum Gasteiger partial charge on any atom is 0.308 e. The summed E-state index contributed by atoms with van der Waals surface area (Å²) in [4.78, 5) is 25.1. The Kier molecular flexibility index (Phi) is 14.3. The van der Waals surface area contributed by atoms with Crippen LogP contribution in [0.25, 0.3) is 0 Å². The van der Waals surface area contributed by atoms with Crippen LogP contribution < -0.4 is 0 Å². The molecule has 0 aromatic rings. The maximum absolute atomic E-state index is 12.2. The monoisotopic (exact) mass is 391 g/mol. The van der Waals surface area contributed by atoms with Crippen LogP contribution in [0.2, 0.25) is 0 Å². The van der Waals surface area contributed by atoms with Gasteiger partial charge < -0.3 is 10.0 Å². The average Bonchev–Trinajstić information content (AvgIpc) is 2.70. The van der Waals surface area contributed by atoms with Crippen LogP contribution in [-0.4, -0.2) is 35.0 Å². The molecule has 1 aliphatic heterocycles. The molecule has 0 spiro atoms. The van der Waals surface area contributed by atoms with Crippen molar-refractivity contribution in [2.24, 2.45) is 5.92 Å². The van der Waals surface area contributed by atoms with Crippen LogP contribution in [0, 0.1) is 5.92 Å². The van der Waals surface area contributed by atoms with Crippen molar-refractivity contribution in [1.29, 1.82) is 0 Å². The van der Waals surface area contributed by atoms with Crippen molar-refractivity contribution in [2.45, 2.75) is 96.8 Å². The number of carbonyl (C=O) groups is 2. The third kappa shape index (κ3) is 12.0. The molecule has 4 heteroatoms. The van der Waals surface area contributed by atoms with Crippen LogP contribution in [0.5, 0.6) is 0 Å². The van der Waals surface area contributed by atoms with E-state index < -0.39 is 5.97 Å². The Morgan fingerprint density at radius 2 is 1.57 bits per heavy atom. The molecule has 160 valence electrons. The molecule has 1 aliphatic rings. The van der Waals surface area contributed by atoms with E-state index in [1.807, 2.05) is 0 Å². The molecule has 1 unspecified atom stereocenters. The molecule has 0 aromatic heterocycles. The highest BCUT2D eigenvalue weighted by Crippen LogP contribution is 2.18. The highest BCUT2D eigenvalue weighted by molar-refractivity contribution is 5.78. The zero-order valence-corrected chi connectivity index (χ0v) is 17.9. The summed E-state index contributed by atoms with van der Waals surface area (Å²) < 4.78 is 0. The number of hydrogen-bond acceptors (Lipinski definition) is 2. The van der Waals surface area contributed by atoms with Crippen molar-refractivity contribution in [3.8, 4) is 0 Å². The van der Waals surface area contributed by atoms with Crippen molar-refractivity contribution in [3.63, 3.8) is 0 Å². The Morgan fingerprint density at radius 3 is 2.25 bits per heavy atom. The first-order valence-electron chi connectivity index (χ1n) is 11.5. The summed E-state index contributed by atoms with van der Waals surface area (Å²) in [5.74, 6) is -1.01. The fraction of sp³-hybridized carbons (Fsp3) is 0.750. The number of likely N-dealkylation sites (tertiary alicyclic amines) is 1. The lowest BCUT2D eigenvalue weighted by Gasteiger charge is -2.30. The number of piperidine rings is 1. The molecule has 1 atom stereocenters. The third-order valence-electron chi connectivity index (χ3n) is 5.46. The molecule has 1 saturated heterocycles. The zero-order chi connectivity index (χ0) is 20.5. The molecule has 1 rings (SSSR count). The quantitative estimate of drug-likeness (QED) is 0.270. The maximum atomic E-state index is 12.2. The average molecular weight is 392 g/mol. The molecule has 4 nitrogen and oxygen atoms in total. The van der Waals surface area contributed by atoms with E-state index in [-0.39, 0.29) is 11.8 Å². The number of nitrogens with zero attached hydrogens (tertiary/aromatic N) is 1. The van der Waals surface area contributed by atoms with E-state index in [0.717, 1.165) is 38.6 Å². The summed E-state index contributed by atoms with van der Waals surface area (Å²) in [6.07, 6.45) is 24.1.